The lowest BCUT2D eigenvalue weighted by molar-refractivity contribution is 0.120. The molecule has 100 valence electrons. The molecule has 0 aromatic carbocycles. The minimum Gasteiger partial charge on any atom is -0.424 e. The summed E-state index contributed by atoms with van der Waals surface area (Å²) in [5.74, 6) is 0. The van der Waals surface area contributed by atoms with Crippen molar-refractivity contribution in [2.75, 3.05) is 31.2 Å². The molecule has 0 saturated carbocycles. The Morgan fingerprint density at radius 2 is 1.95 bits per heavy atom. The van der Waals surface area contributed by atoms with Crippen LogP contribution in [-0.2, 0) is 4.74 Å². The predicted octanol–water partition coefficient (Wildman–Crippen LogP) is 0.631. The van der Waals surface area contributed by atoms with Crippen LogP contribution in [0, 0.1) is 0 Å². The van der Waals surface area contributed by atoms with Gasteiger partial charge >= 0.3 is 11.6 Å². The van der Waals surface area contributed by atoms with E-state index in [4.69, 9.17) is 20.8 Å². The van der Waals surface area contributed by atoms with E-state index in [1.807, 2.05) is 0 Å². The Balaban J connectivity index is 2.18. The zero-order valence-electron chi connectivity index (χ0n) is 9.72. The third kappa shape index (κ3) is 2.22. The van der Waals surface area contributed by atoms with Crippen LogP contribution in [0.5, 0.6) is 0 Å². The van der Waals surface area contributed by atoms with Crippen LogP contribution in [0.15, 0.2) is 24.5 Å². The van der Waals surface area contributed by atoms with Crippen LogP contribution in [0.3, 0.4) is 0 Å². The summed E-state index contributed by atoms with van der Waals surface area (Å²) in [5, 5.41) is -0.374. The van der Waals surface area contributed by atoms with Gasteiger partial charge in [-0.3, -0.25) is 4.79 Å². The molecule has 3 heterocycles. The second-order valence-electron chi connectivity index (χ2n) is 3.98. The standard InChI is InChI=1S/C11H9ClN2O5/c12-7-5-6-8(10(16)19-7)9(15)13-11(18-6)14-1-3-17-4-2-14/h5H,1-4H2. The van der Waals surface area contributed by atoms with Gasteiger partial charge in [-0.2, -0.15) is 4.98 Å². The molecule has 0 aliphatic carbocycles. The molecule has 7 nitrogen and oxygen atoms in total. The topological polar surface area (TPSA) is 85.8 Å². The third-order valence-corrected chi connectivity index (χ3v) is 2.97. The molecule has 0 radical (unpaired) electrons. The summed E-state index contributed by atoms with van der Waals surface area (Å²) in [5.41, 5.74) is -1.46. The van der Waals surface area contributed by atoms with Crippen molar-refractivity contribution in [3.8, 4) is 0 Å². The van der Waals surface area contributed by atoms with Gasteiger partial charge in [0.1, 0.15) is 0 Å². The Kier molecular flexibility index (Phi) is 3.00. The maximum atomic E-state index is 11.8. The number of nitrogens with zero attached hydrogens (tertiary/aromatic N) is 2. The van der Waals surface area contributed by atoms with E-state index in [0.717, 1.165) is 0 Å². The summed E-state index contributed by atoms with van der Waals surface area (Å²) in [7, 11) is 0. The highest BCUT2D eigenvalue weighted by Crippen LogP contribution is 2.18. The lowest BCUT2D eigenvalue weighted by atomic mass is 10.3. The van der Waals surface area contributed by atoms with Gasteiger partial charge in [-0.1, -0.05) is 0 Å². The van der Waals surface area contributed by atoms with E-state index in [1.165, 1.54) is 6.07 Å². The molecule has 2 aromatic heterocycles. The zero-order valence-corrected chi connectivity index (χ0v) is 10.5. The molecule has 0 unspecified atom stereocenters. The average Bonchev–Trinajstić information content (AvgIpc) is 2.38. The van der Waals surface area contributed by atoms with Gasteiger partial charge in [0.25, 0.3) is 5.56 Å². The molecule has 1 aliphatic rings. The van der Waals surface area contributed by atoms with Crippen molar-refractivity contribution in [1.29, 1.82) is 0 Å². The smallest absolute Gasteiger partial charge is 0.353 e. The van der Waals surface area contributed by atoms with Crippen LogP contribution in [-0.4, -0.2) is 31.3 Å². The lowest BCUT2D eigenvalue weighted by Gasteiger charge is -2.25. The first-order valence-electron chi connectivity index (χ1n) is 5.62. The first kappa shape index (κ1) is 12.2. The number of hydrogen-bond donors (Lipinski definition) is 0. The van der Waals surface area contributed by atoms with Crippen molar-refractivity contribution < 1.29 is 13.6 Å². The van der Waals surface area contributed by atoms with Crippen LogP contribution in [0.25, 0.3) is 11.0 Å². The Morgan fingerprint density at radius 1 is 1.21 bits per heavy atom. The van der Waals surface area contributed by atoms with Gasteiger partial charge in [0.2, 0.25) is 5.22 Å². The summed E-state index contributed by atoms with van der Waals surface area (Å²) in [6.07, 6.45) is 0. The van der Waals surface area contributed by atoms with Crippen LogP contribution in [0.2, 0.25) is 5.22 Å². The van der Waals surface area contributed by atoms with Crippen molar-refractivity contribution in [2.45, 2.75) is 0 Å². The number of ether oxygens (including phenoxy) is 1. The van der Waals surface area contributed by atoms with Crippen LogP contribution >= 0.6 is 11.6 Å². The Bertz CT molecular complexity index is 732. The molecule has 19 heavy (non-hydrogen) atoms. The number of halogens is 1. The summed E-state index contributed by atoms with van der Waals surface area (Å²) < 4.78 is 15.3. The quantitative estimate of drug-likeness (QED) is 0.759. The van der Waals surface area contributed by atoms with Crippen molar-refractivity contribution in [3.05, 3.63) is 32.1 Å². The molecule has 3 rings (SSSR count). The van der Waals surface area contributed by atoms with Gasteiger partial charge in [0.15, 0.2) is 11.0 Å². The fourth-order valence-electron chi connectivity index (χ4n) is 1.87. The fraction of sp³-hybridized carbons (Fsp3) is 0.364. The summed E-state index contributed by atoms with van der Waals surface area (Å²) >= 11 is 5.63. The maximum Gasteiger partial charge on any atom is 0.353 e. The highest BCUT2D eigenvalue weighted by atomic mass is 35.5. The van der Waals surface area contributed by atoms with E-state index in [-0.39, 0.29) is 22.2 Å². The van der Waals surface area contributed by atoms with Crippen LogP contribution in [0.1, 0.15) is 0 Å². The van der Waals surface area contributed by atoms with Gasteiger partial charge in [0, 0.05) is 19.2 Å². The van der Waals surface area contributed by atoms with Gasteiger partial charge in [-0.25, -0.2) is 4.79 Å². The van der Waals surface area contributed by atoms with Crippen molar-refractivity contribution in [1.82, 2.24) is 4.98 Å². The molecular weight excluding hydrogens is 276 g/mol. The molecule has 0 bridgehead atoms. The SMILES string of the molecule is O=c1nc(N2CCOCC2)oc2cc(Cl)oc(=O)c12. The van der Waals surface area contributed by atoms with Crippen LogP contribution < -0.4 is 16.1 Å². The second-order valence-corrected chi connectivity index (χ2v) is 4.35. The summed E-state index contributed by atoms with van der Waals surface area (Å²) in [4.78, 5) is 28.9. The van der Waals surface area contributed by atoms with Crippen molar-refractivity contribution in [3.63, 3.8) is 0 Å². The Hall–Kier alpha value is -1.86. The van der Waals surface area contributed by atoms with Crippen LogP contribution in [0.4, 0.5) is 6.01 Å². The van der Waals surface area contributed by atoms with E-state index in [2.05, 4.69) is 9.40 Å². The fourth-order valence-corrected chi connectivity index (χ4v) is 2.04. The van der Waals surface area contributed by atoms with E-state index >= 15 is 0 Å². The highest BCUT2D eigenvalue weighted by Gasteiger charge is 2.19. The summed E-state index contributed by atoms with van der Waals surface area (Å²) in [6.45, 7) is 2.19. The van der Waals surface area contributed by atoms with E-state index in [1.54, 1.807) is 4.90 Å². The monoisotopic (exact) mass is 284 g/mol. The van der Waals surface area contributed by atoms with Gasteiger partial charge in [-0.15, -0.1) is 0 Å². The first-order chi connectivity index (χ1) is 9.15. The number of hydrogen-bond acceptors (Lipinski definition) is 7. The molecule has 0 amide bonds. The number of anilines is 1. The Labute approximate surface area is 111 Å². The van der Waals surface area contributed by atoms with Gasteiger partial charge < -0.3 is 18.5 Å². The molecular formula is C11H9ClN2O5. The van der Waals surface area contributed by atoms with E-state index in [9.17, 15) is 9.59 Å². The zero-order chi connectivity index (χ0) is 13.4. The van der Waals surface area contributed by atoms with E-state index < -0.39 is 11.2 Å². The number of fused-ring (bicyclic) bond motifs is 1. The molecule has 0 atom stereocenters. The Morgan fingerprint density at radius 3 is 2.68 bits per heavy atom. The van der Waals surface area contributed by atoms with Crippen molar-refractivity contribution in [2.24, 2.45) is 0 Å². The number of morpholine rings is 1. The van der Waals surface area contributed by atoms with Gasteiger partial charge in [-0.05, 0) is 11.6 Å². The number of aromatic nitrogens is 1. The minimum atomic E-state index is -0.850. The maximum absolute atomic E-state index is 11.8. The van der Waals surface area contributed by atoms with Gasteiger partial charge in [0.05, 0.1) is 13.2 Å². The lowest BCUT2D eigenvalue weighted by Crippen LogP contribution is -2.37. The predicted molar refractivity (Wildman–Crippen MR) is 66.9 cm³/mol. The average molecular weight is 285 g/mol. The second kappa shape index (κ2) is 4.67. The minimum absolute atomic E-state index is 0.0720. The van der Waals surface area contributed by atoms with Crippen molar-refractivity contribution >= 4 is 28.6 Å². The molecule has 8 heteroatoms. The summed E-state index contributed by atoms with van der Waals surface area (Å²) in [6, 6.07) is 1.44. The molecule has 1 saturated heterocycles. The molecule has 1 fully saturated rings. The van der Waals surface area contributed by atoms with E-state index in [0.29, 0.717) is 26.3 Å². The largest absolute Gasteiger partial charge is 0.424 e. The first-order valence-corrected chi connectivity index (χ1v) is 6.00. The molecule has 2 aromatic rings. The normalized spacial score (nSPS) is 15.9. The molecule has 1 aliphatic heterocycles. The number of rotatable bonds is 1. The molecule has 0 N–H and O–H groups in total. The highest BCUT2D eigenvalue weighted by molar-refractivity contribution is 6.29. The molecule has 0 spiro atoms. The third-order valence-electron chi connectivity index (χ3n) is 2.78.